The fourth-order valence-corrected chi connectivity index (χ4v) is 2.38. The van der Waals surface area contributed by atoms with Crippen molar-refractivity contribution in [1.29, 1.82) is 0 Å². The van der Waals surface area contributed by atoms with Crippen molar-refractivity contribution in [3.8, 4) is 11.3 Å². The number of anilines is 2. The molecule has 3 aromatic heterocycles. The maximum absolute atomic E-state index is 13.4. The van der Waals surface area contributed by atoms with Crippen molar-refractivity contribution >= 4 is 17.4 Å². The molecular weight excluding hydrogens is 309 g/mol. The molecule has 0 atom stereocenters. The lowest BCUT2D eigenvalue weighted by atomic mass is 10.1. The Morgan fingerprint density at radius 1 is 1.04 bits per heavy atom. The molecule has 0 saturated carbocycles. The summed E-state index contributed by atoms with van der Waals surface area (Å²) in [5.41, 5.74) is 2.80. The molecule has 0 aliphatic carbocycles. The minimum atomic E-state index is -0.799. The molecule has 1 N–H and O–H groups in total. The largest absolute Gasteiger partial charge is 0.310 e. The average Bonchev–Trinajstić information content (AvgIpc) is 3.03. The number of nitrogens with one attached hydrogen (secondary N) is 1. The first-order chi connectivity index (χ1) is 11.7. The number of rotatable bonds is 3. The lowest BCUT2D eigenvalue weighted by Gasteiger charge is -2.09. The molecule has 4 rings (SSSR count). The molecule has 24 heavy (non-hydrogen) atoms. The number of hydrogen-bond donors (Lipinski definition) is 1. The third-order valence-corrected chi connectivity index (χ3v) is 3.40. The first-order valence-corrected chi connectivity index (χ1v) is 7.23. The van der Waals surface area contributed by atoms with Crippen LogP contribution in [0.4, 0.5) is 16.2 Å². The van der Waals surface area contributed by atoms with Crippen molar-refractivity contribution in [1.82, 2.24) is 29.5 Å². The number of fused-ring (bicyclic) bond motifs is 1. The van der Waals surface area contributed by atoms with E-state index in [1.807, 2.05) is 36.4 Å². The third-order valence-electron chi connectivity index (χ3n) is 3.40. The summed E-state index contributed by atoms with van der Waals surface area (Å²) in [6.07, 6.45) is 0.634. The zero-order valence-corrected chi connectivity index (χ0v) is 12.7. The van der Waals surface area contributed by atoms with Crippen molar-refractivity contribution in [2.24, 2.45) is 0 Å². The highest BCUT2D eigenvalue weighted by Crippen LogP contribution is 2.22. The van der Waals surface area contributed by atoms with Crippen LogP contribution in [0.25, 0.3) is 16.9 Å². The second-order valence-electron chi connectivity index (χ2n) is 5.15. The van der Waals surface area contributed by atoms with E-state index in [1.165, 1.54) is 10.8 Å². The van der Waals surface area contributed by atoms with Crippen molar-refractivity contribution < 1.29 is 4.39 Å². The fraction of sp³-hybridized carbons (Fsp3) is 0.0625. The summed E-state index contributed by atoms with van der Waals surface area (Å²) in [6, 6.07) is 13.2. The normalized spacial score (nSPS) is 10.9. The van der Waals surface area contributed by atoms with E-state index in [2.05, 4.69) is 30.4 Å². The van der Waals surface area contributed by atoms with Crippen LogP contribution in [-0.2, 0) is 0 Å². The van der Waals surface area contributed by atoms with Crippen LogP contribution in [0.3, 0.4) is 0 Å². The van der Waals surface area contributed by atoms with Gasteiger partial charge in [0.2, 0.25) is 5.95 Å². The number of nitrogens with zero attached hydrogens (tertiary/aromatic N) is 6. The minimum absolute atomic E-state index is 0.300. The van der Waals surface area contributed by atoms with Gasteiger partial charge in [-0.2, -0.15) is 19.0 Å². The number of halogens is 1. The molecule has 0 spiro atoms. The van der Waals surface area contributed by atoms with Gasteiger partial charge in [0, 0.05) is 23.4 Å². The van der Waals surface area contributed by atoms with Gasteiger partial charge in [0.15, 0.2) is 5.65 Å². The standard InChI is InChI=1S/C16H12FN7/c1-10-7-13(22-15(17)20-10)23-16-21-12(11-5-3-2-4-6-11)8-14-18-9-19-24(14)16/h2-9H,1H3,(H,20,21,22,23). The van der Waals surface area contributed by atoms with Gasteiger partial charge in [-0.15, -0.1) is 0 Å². The van der Waals surface area contributed by atoms with E-state index in [0.29, 0.717) is 23.1 Å². The van der Waals surface area contributed by atoms with E-state index in [4.69, 9.17) is 0 Å². The molecule has 1 aromatic carbocycles. The summed E-state index contributed by atoms with van der Waals surface area (Å²) in [7, 11) is 0. The van der Waals surface area contributed by atoms with Gasteiger partial charge in [0.05, 0.1) is 5.69 Å². The molecule has 0 amide bonds. The maximum atomic E-state index is 13.4. The molecule has 0 aliphatic heterocycles. The van der Waals surface area contributed by atoms with E-state index in [-0.39, 0.29) is 0 Å². The Morgan fingerprint density at radius 3 is 2.67 bits per heavy atom. The smallest absolute Gasteiger partial charge is 0.308 e. The first kappa shape index (κ1) is 14.2. The van der Waals surface area contributed by atoms with Gasteiger partial charge in [-0.3, -0.25) is 0 Å². The molecule has 0 radical (unpaired) electrons. The van der Waals surface area contributed by atoms with Crippen LogP contribution < -0.4 is 5.32 Å². The molecule has 0 bridgehead atoms. The zero-order chi connectivity index (χ0) is 16.5. The van der Waals surface area contributed by atoms with Crippen molar-refractivity contribution in [2.75, 3.05) is 5.32 Å². The lowest BCUT2D eigenvalue weighted by molar-refractivity contribution is 0.537. The highest BCUT2D eigenvalue weighted by Gasteiger charge is 2.11. The van der Waals surface area contributed by atoms with Crippen LogP contribution in [0, 0.1) is 13.0 Å². The van der Waals surface area contributed by atoms with Crippen LogP contribution in [0.2, 0.25) is 0 Å². The molecule has 0 unspecified atom stereocenters. The molecule has 0 saturated heterocycles. The van der Waals surface area contributed by atoms with Gasteiger partial charge in [-0.05, 0) is 6.92 Å². The van der Waals surface area contributed by atoms with E-state index in [0.717, 1.165) is 11.3 Å². The van der Waals surface area contributed by atoms with Crippen LogP contribution in [0.5, 0.6) is 0 Å². The minimum Gasteiger partial charge on any atom is -0.308 e. The molecule has 7 nitrogen and oxygen atoms in total. The van der Waals surface area contributed by atoms with Gasteiger partial charge in [-0.1, -0.05) is 30.3 Å². The second kappa shape index (κ2) is 5.65. The topological polar surface area (TPSA) is 80.9 Å². The van der Waals surface area contributed by atoms with Crippen LogP contribution in [0.1, 0.15) is 5.69 Å². The molecule has 0 aliphatic rings. The highest BCUT2D eigenvalue weighted by atomic mass is 19.1. The zero-order valence-electron chi connectivity index (χ0n) is 12.7. The van der Waals surface area contributed by atoms with E-state index in [1.54, 1.807) is 13.0 Å². The number of aryl methyl sites for hydroxylation is 1. The Hall–Kier alpha value is -3.42. The highest BCUT2D eigenvalue weighted by molar-refractivity contribution is 5.66. The quantitative estimate of drug-likeness (QED) is 0.584. The summed E-state index contributed by atoms with van der Waals surface area (Å²) in [6.45, 7) is 1.69. The Kier molecular flexibility index (Phi) is 3.34. The lowest BCUT2D eigenvalue weighted by Crippen LogP contribution is -2.06. The average molecular weight is 321 g/mol. The number of aromatic nitrogens is 6. The molecule has 0 fully saturated rings. The summed E-state index contributed by atoms with van der Waals surface area (Å²) in [5.74, 6) is 0.691. The SMILES string of the molecule is Cc1cc(Nc2nc(-c3ccccc3)cc3ncnn23)nc(F)n1. The first-order valence-electron chi connectivity index (χ1n) is 7.23. The monoisotopic (exact) mass is 321 g/mol. The third kappa shape index (κ3) is 2.65. The van der Waals surface area contributed by atoms with Gasteiger partial charge in [0.1, 0.15) is 12.1 Å². The molecular formula is C16H12FN7. The summed E-state index contributed by atoms with van der Waals surface area (Å²) in [4.78, 5) is 16.1. The predicted octanol–water partition coefficient (Wildman–Crippen LogP) is 2.77. The molecule has 3 heterocycles. The number of hydrogen-bond acceptors (Lipinski definition) is 6. The van der Waals surface area contributed by atoms with Crippen LogP contribution in [0.15, 0.2) is 48.8 Å². The maximum Gasteiger partial charge on any atom is 0.310 e. The number of benzene rings is 1. The molecule has 4 aromatic rings. The van der Waals surface area contributed by atoms with Gasteiger partial charge < -0.3 is 5.32 Å². The van der Waals surface area contributed by atoms with E-state index >= 15 is 0 Å². The second-order valence-corrected chi connectivity index (χ2v) is 5.15. The predicted molar refractivity (Wildman–Crippen MR) is 86.2 cm³/mol. The van der Waals surface area contributed by atoms with E-state index in [9.17, 15) is 4.39 Å². The summed E-state index contributed by atoms with van der Waals surface area (Å²) in [5, 5.41) is 7.12. The van der Waals surface area contributed by atoms with E-state index < -0.39 is 6.08 Å². The van der Waals surface area contributed by atoms with Gasteiger partial charge in [0.25, 0.3) is 0 Å². The van der Waals surface area contributed by atoms with Crippen LogP contribution >= 0.6 is 0 Å². The molecule has 118 valence electrons. The summed E-state index contributed by atoms with van der Waals surface area (Å²) < 4.78 is 14.9. The van der Waals surface area contributed by atoms with Crippen LogP contribution in [-0.4, -0.2) is 29.5 Å². The Bertz CT molecular complexity index is 993. The van der Waals surface area contributed by atoms with Crippen molar-refractivity contribution in [2.45, 2.75) is 6.92 Å². The Labute approximate surface area is 136 Å². The van der Waals surface area contributed by atoms with Gasteiger partial charge >= 0.3 is 6.08 Å². The Balaban J connectivity index is 1.83. The van der Waals surface area contributed by atoms with Crippen molar-refractivity contribution in [3.05, 3.63) is 60.6 Å². The molecule has 8 heteroatoms. The Morgan fingerprint density at radius 2 is 1.88 bits per heavy atom. The summed E-state index contributed by atoms with van der Waals surface area (Å²) >= 11 is 0. The fourth-order valence-electron chi connectivity index (χ4n) is 2.38. The van der Waals surface area contributed by atoms with Gasteiger partial charge in [-0.25, -0.2) is 15.0 Å². The van der Waals surface area contributed by atoms with Crippen molar-refractivity contribution in [3.63, 3.8) is 0 Å².